The van der Waals surface area contributed by atoms with Crippen molar-refractivity contribution in [2.24, 2.45) is 0 Å². The van der Waals surface area contributed by atoms with E-state index in [9.17, 15) is 4.79 Å². The van der Waals surface area contributed by atoms with Crippen molar-refractivity contribution in [2.75, 3.05) is 25.2 Å². The summed E-state index contributed by atoms with van der Waals surface area (Å²) in [5, 5.41) is 11.8. The second kappa shape index (κ2) is 6.27. The molecule has 5 heteroatoms. The van der Waals surface area contributed by atoms with Gasteiger partial charge in [-0.25, -0.2) is 0 Å². The van der Waals surface area contributed by atoms with Crippen molar-refractivity contribution in [3.8, 4) is 0 Å². The Morgan fingerprint density at radius 1 is 1.71 bits per heavy atom. The smallest absolute Gasteiger partial charge is 0.323 e. The molecular formula is C9H17NO3S. The average molecular weight is 219 g/mol. The number of methoxy groups -OCH3 is 1. The SMILES string of the molecule is COC(=O)C(CSCCO)NC1CC1. The molecule has 0 aromatic rings. The van der Waals surface area contributed by atoms with E-state index in [2.05, 4.69) is 5.32 Å². The van der Waals surface area contributed by atoms with Gasteiger partial charge in [-0.1, -0.05) is 0 Å². The van der Waals surface area contributed by atoms with Crippen LogP contribution >= 0.6 is 11.8 Å². The van der Waals surface area contributed by atoms with Crippen LogP contribution in [0.2, 0.25) is 0 Å². The fourth-order valence-corrected chi connectivity index (χ4v) is 1.89. The Kier molecular flexibility index (Phi) is 5.29. The Balaban J connectivity index is 2.23. The number of nitrogens with one attached hydrogen (secondary N) is 1. The highest BCUT2D eigenvalue weighted by Gasteiger charge is 2.28. The van der Waals surface area contributed by atoms with Crippen LogP contribution < -0.4 is 5.32 Å². The van der Waals surface area contributed by atoms with Crippen LogP contribution in [-0.2, 0) is 9.53 Å². The van der Waals surface area contributed by atoms with Gasteiger partial charge < -0.3 is 15.2 Å². The third-order valence-electron chi connectivity index (χ3n) is 2.02. The molecule has 0 amide bonds. The summed E-state index contributed by atoms with van der Waals surface area (Å²) < 4.78 is 4.69. The third-order valence-corrected chi connectivity index (χ3v) is 3.06. The molecule has 1 unspecified atom stereocenters. The van der Waals surface area contributed by atoms with Crippen LogP contribution in [0.15, 0.2) is 0 Å². The molecule has 4 nitrogen and oxygen atoms in total. The molecule has 1 aliphatic rings. The number of carbonyl (C=O) groups is 1. The first-order valence-electron chi connectivity index (χ1n) is 4.80. The molecule has 82 valence electrons. The Labute approximate surface area is 88.4 Å². The molecule has 0 radical (unpaired) electrons. The van der Waals surface area contributed by atoms with Crippen molar-refractivity contribution in [1.82, 2.24) is 5.32 Å². The fourth-order valence-electron chi connectivity index (χ4n) is 1.13. The molecule has 1 atom stereocenters. The summed E-state index contributed by atoms with van der Waals surface area (Å²) in [6.45, 7) is 0.155. The lowest BCUT2D eigenvalue weighted by molar-refractivity contribution is -0.142. The van der Waals surface area contributed by atoms with Crippen LogP contribution in [0.25, 0.3) is 0 Å². The van der Waals surface area contributed by atoms with E-state index in [0.717, 1.165) is 12.8 Å². The summed E-state index contributed by atoms with van der Waals surface area (Å²) in [7, 11) is 1.40. The van der Waals surface area contributed by atoms with Gasteiger partial charge in [-0.15, -0.1) is 0 Å². The minimum Gasteiger partial charge on any atom is -0.468 e. The highest BCUT2D eigenvalue weighted by molar-refractivity contribution is 7.99. The van der Waals surface area contributed by atoms with Gasteiger partial charge in [-0.05, 0) is 12.8 Å². The van der Waals surface area contributed by atoms with Crippen LogP contribution in [0.5, 0.6) is 0 Å². The minimum absolute atomic E-state index is 0.155. The fraction of sp³-hybridized carbons (Fsp3) is 0.889. The average Bonchev–Trinajstić information content (AvgIpc) is 2.99. The molecule has 0 spiro atoms. The molecule has 1 fully saturated rings. The minimum atomic E-state index is -0.218. The van der Waals surface area contributed by atoms with E-state index < -0.39 is 0 Å². The monoisotopic (exact) mass is 219 g/mol. The predicted molar refractivity (Wildman–Crippen MR) is 56.4 cm³/mol. The van der Waals surface area contributed by atoms with Crippen LogP contribution in [0, 0.1) is 0 Å². The standard InChI is InChI=1S/C9H17NO3S/c1-13-9(12)8(6-14-5-4-11)10-7-2-3-7/h7-8,10-11H,2-6H2,1H3. The van der Waals surface area contributed by atoms with Crippen molar-refractivity contribution < 1.29 is 14.6 Å². The highest BCUT2D eigenvalue weighted by Crippen LogP contribution is 2.20. The van der Waals surface area contributed by atoms with E-state index >= 15 is 0 Å². The molecule has 2 N–H and O–H groups in total. The zero-order valence-electron chi connectivity index (χ0n) is 8.36. The summed E-state index contributed by atoms with van der Waals surface area (Å²) in [6, 6.07) is 0.276. The summed E-state index contributed by atoms with van der Waals surface area (Å²) in [4.78, 5) is 11.3. The number of hydrogen-bond acceptors (Lipinski definition) is 5. The molecule has 0 bridgehead atoms. The molecule has 0 heterocycles. The lowest BCUT2D eigenvalue weighted by Crippen LogP contribution is -2.41. The van der Waals surface area contributed by atoms with Gasteiger partial charge in [-0.3, -0.25) is 4.79 Å². The summed E-state index contributed by atoms with van der Waals surface area (Å²) in [6.07, 6.45) is 2.30. The maximum atomic E-state index is 11.3. The number of aliphatic hydroxyl groups excluding tert-OH is 1. The van der Waals surface area contributed by atoms with Crippen molar-refractivity contribution in [2.45, 2.75) is 24.9 Å². The topological polar surface area (TPSA) is 58.6 Å². The van der Waals surface area contributed by atoms with Gasteiger partial charge >= 0.3 is 5.97 Å². The first kappa shape index (κ1) is 11.8. The largest absolute Gasteiger partial charge is 0.468 e. The molecule has 1 aliphatic carbocycles. The lowest BCUT2D eigenvalue weighted by Gasteiger charge is -2.15. The van der Waals surface area contributed by atoms with E-state index in [0.29, 0.717) is 17.5 Å². The summed E-state index contributed by atoms with van der Waals surface area (Å²) >= 11 is 1.56. The molecule has 0 aromatic carbocycles. The van der Waals surface area contributed by atoms with Gasteiger partial charge in [0.15, 0.2) is 0 Å². The van der Waals surface area contributed by atoms with E-state index in [1.165, 1.54) is 7.11 Å². The van der Waals surface area contributed by atoms with Gasteiger partial charge in [0.2, 0.25) is 0 Å². The van der Waals surface area contributed by atoms with Crippen LogP contribution in [-0.4, -0.2) is 48.4 Å². The summed E-state index contributed by atoms with van der Waals surface area (Å²) in [5.41, 5.74) is 0. The van der Waals surface area contributed by atoms with Crippen LogP contribution in [0.3, 0.4) is 0 Å². The Bertz CT molecular complexity index is 185. The molecule has 1 rings (SSSR count). The second-order valence-electron chi connectivity index (χ2n) is 3.32. The Hall–Kier alpha value is -0.260. The Morgan fingerprint density at radius 3 is 2.93 bits per heavy atom. The first-order valence-corrected chi connectivity index (χ1v) is 5.96. The maximum Gasteiger partial charge on any atom is 0.323 e. The van der Waals surface area contributed by atoms with Gasteiger partial charge in [0.05, 0.1) is 13.7 Å². The van der Waals surface area contributed by atoms with Crippen molar-refractivity contribution in [3.05, 3.63) is 0 Å². The van der Waals surface area contributed by atoms with Crippen LogP contribution in [0.4, 0.5) is 0 Å². The number of thioether (sulfide) groups is 1. The predicted octanol–water partition coefficient (Wildman–Crippen LogP) is 0.00550. The maximum absolute atomic E-state index is 11.3. The van der Waals surface area contributed by atoms with Crippen molar-refractivity contribution >= 4 is 17.7 Å². The van der Waals surface area contributed by atoms with Gasteiger partial charge in [0, 0.05) is 17.5 Å². The number of esters is 1. The van der Waals surface area contributed by atoms with E-state index in [1.807, 2.05) is 0 Å². The molecule has 1 saturated carbocycles. The molecule has 0 aliphatic heterocycles. The summed E-state index contributed by atoms with van der Waals surface area (Å²) in [5.74, 6) is 1.13. The lowest BCUT2D eigenvalue weighted by atomic mass is 10.3. The number of aliphatic hydroxyl groups is 1. The van der Waals surface area contributed by atoms with Gasteiger partial charge in [-0.2, -0.15) is 11.8 Å². The highest BCUT2D eigenvalue weighted by atomic mass is 32.2. The van der Waals surface area contributed by atoms with E-state index in [1.54, 1.807) is 11.8 Å². The van der Waals surface area contributed by atoms with E-state index in [4.69, 9.17) is 9.84 Å². The van der Waals surface area contributed by atoms with E-state index in [-0.39, 0.29) is 18.6 Å². The number of ether oxygens (including phenoxy) is 1. The molecular weight excluding hydrogens is 202 g/mol. The number of carbonyl (C=O) groups excluding carboxylic acids is 1. The molecule has 0 saturated heterocycles. The Morgan fingerprint density at radius 2 is 2.43 bits per heavy atom. The van der Waals surface area contributed by atoms with Crippen LogP contribution in [0.1, 0.15) is 12.8 Å². The number of rotatable bonds is 7. The van der Waals surface area contributed by atoms with Gasteiger partial charge in [0.1, 0.15) is 6.04 Å². The van der Waals surface area contributed by atoms with Crippen molar-refractivity contribution in [3.63, 3.8) is 0 Å². The normalized spacial score (nSPS) is 17.9. The third kappa shape index (κ3) is 4.30. The zero-order chi connectivity index (χ0) is 10.4. The first-order chi connectivity index (χ1) is 6.77. The number of hydrogen-bond donors (Lipinski definition) is 2. The van der Waals surface area contributed by atoms with Crippen molar-refractivity contribution in [1.29, 1.82) is 0 Å². The zero-order valence-corrected chi connectivity index (χ0v) is 9.18. The quantitative estimate of drug-likeness (QED) is 0.466. The van der Waals surface area contributed by atoms with Gasteiger partial charge in [0.25, 0.3) is 0 Å². The molecule has 14 heavy (non-hydrogen) atoms. The molecule has 0 aromatic heterocycles. The second-order valence-corrected chi connectivity index (χ2v) is 4.47.